The molecule has 0 bridgehead atoms. The quantitative estimate of drug-likeness (QED) is 0.706. The van der Waals surface area contributed by atoms with E-state index in [0.29, 0.717) is 11.2 Å². The van der Waals surface area contributed by atoms with Gasteiger partial charge in [-0.25, -0.2) is 17.1 Å². The molecule has 3 aromatic rings. The SMILES string of the molecule is Cc1cc(=O)[nH]c2ccc(N(C)C(=O)c3ccc(S(=O)(=O)N(C)C)cc3F)cc12. The lowest BCUT2D eigenvalue weighted by molar-refractivity contribution is 0.0989. The van der Waals surface area contributed by atoms with Crippen molar-refractivity contribution in [2.24, 2.45) is 0 Å². The summed E-state index contributed by atoms with van der Waals surface area (Å²) in [6, 6.07) is 9.69. The van der Waals surface area contributed by atoms with Crippen LogP contribution in [0.4, 0.5) is 10.1 Å². The Hall–Kier alpha value is -3.04. The Bertz CT molecular complexity index is 1280. The van der Waals surface area contributed by atoms with E-state index in [1.54, 1.807) is 25.1 Å². The summed E-state index contributed by atoms with van der Waals surface area (Å²) in [5, 5.41) is 0.759. The summed E-state index contributed by atoms with van der Waals surface area (Å²) >= 11 is 0. The van der Waals surface area contributed by atoms with Gasteiger partial charge in [0.2, 0.25) is 15.6 Å². The molecule has 0 spiro atoms. The summed E-state index contributed by atoms with van der Waals surface area (Å²) in [4.78, 5) is 28.1. The Labute approximate surface area is 167 Å². The van der Waals surface area contributed by atoms with Crippen LogP contribution in [-0.4, -0.2) is 44.8 Å². The van der Waals surface area contributed by atoms with E-state index in [0.717, 1.165) is 27.4 Å². The predicted octanol–water partition coefficient (Wildman–Crippen LogP) is 2.50. The van der Waals surface area contributed by atoms with Gasteiger partial charge in [-0.05, 0) is 48.9 Å². The molecule has 1 aromatic heterocycles. The second-order valence-electron chi connectivity index (χ2n) is 6.84. The molecule has 2 aromatic carbocycles. The Balaban J connectivity index is 1.98. The minimum absolute atomic E-state index is 0.220. The van der Waals surface area contributed by atoms with Crippen LogP contribution in [0.3, 0.4) is 0 Å². The van der Waals surface area contributed by atoms with E-state index in [-0.39, 0.29) is 16.0 Å². The summed E-state index contributed by atoms with van der Waals surface area (Å²) < 4.78 is 39.8. The third kappa shape index (κ3) is 3.79. The number of H-pyrrole nitrogens is 1. The molecule has 9 heteroatoms. The molecule has 152 valence electrons. The number of carbonyl (C=O) groups excluding carboxylic acids is 1. The number of carbonyl (C=O) groups is 1. The molecular weight excluding hydrogens is 397 g/mol. The molecule has 1 N–H and O–H groups in total. The van der Waals surface area contributed by atoms with Gasteiger partial charge in [0.25, 0.3) is 5.91 Å². The van der Waals surface area contributed by atoms with Gasteiger partial charge in [0.05, 0.1) is 10.5 Å². The summed E-state index contributed by atoms with van der Waals surface area (Å²) in [6.07, 6.45) is 0. The number of anilines is 1. The first-order valence-corrected chi connectivity index (χ1v) is 10.1. The lowest BCUT2D eigenvalue weighted by Crippen LogP contribution is -2.27. The zero-order valence-corrected chi connectivity index (χ0v) is 17.2. The Morgan fingerprint density at radius 1 is 1.03 bits per heavy atom. The lowest BCUT2D eigenvalue weighted by Gasteiger charge is -2.19. The number of rotatable bonds is 4. The first kappa shape index (κ1) is 20.7. The molecule has 0 radical (unpaired) electrons. The van der Waals surface area contributed by atoms with Crippen molar-refractivity contribution in [3.8, 4) is 0 Å². The van der Waals surface area contributed by atoms with E-state index in [9.17, 15) is 22.4 Å². The zero-order valence-electron chi connectivity index (χ0n) is 16.4. The normalized spacial score (nSPS) is 11.8. The molecule has 1 amide bonds. The van der Waals surface area contributed by atoms with Crippen LogP contribution < -0.4 is 10.5 Å². The number of pyridine rings is 1. The molecule has 29 heavy (non-hydrogen) atoms. The molecule has 0 aliphatic carbocycles. The molecule has 3 rings (SSSR count). The molecule has 1 heterocycles. The van der Waals surface area contributed by atoms with Crippen molar-refractivity contribution in [1.82, 2.24) is 9.29 Å². The Kier molecular flexibility index (Phi) is 5.29. The average molecular weight is 417 g/mol. The molecule has 0 saturated heterocycles. The molecule has 0 unspecified atom stereocenters. The number of fused-ring (bicyclic) bond motifs is 1. The predicted molar refractivity (Wildman–Crippen MR) is 109 cm³/mol. The number of nitrogens with zero attached hydrogens (tertiary/aromatic N) is 2. The van der Waals surface area contributed by atoms with E-state index < -0.39 is 21.7 Å². The number of halogens is 1. The third-order valence-corrected chi connectivity index (χ3v) is 6.49. The van der Waals surface area contributed by atoms with E-state index in [2.05, 4.69) is 4.98 Å². The fourth-order valence-electron chi connectivity index (χ4n) is 2.96. The summed E-state index contributed by atoms with van der Waals surface area (Å²) in [5.74, 6) is -1.55. The summed E-state index contributed by atoms with van der Waals surface area (Å²) in [6.45, 7) is 1.78. The number of sulfonamides is 1. The van der Waals surface area contributed by atoms with Gasteiger partial charge in [-0.15, -0.1) is 0 Å². The largest absolute Gasteiger partial charge is 0.322 e. The topological polar surface area (TPSA) is 90.5 Å². The molecule has 0 aliphatic rings. The van der Waals surface area contributed by atoms with Crippen molar-refractivity contribution in [1.29, 1.82) is 0 Å². The molecule has 0 aliphatic heterocycles. The number of nitrogens with one attached hydrogen (secondary N) is 1. The zero-order chi connectivity index (χ0) is 21.5. The second-order valence-corrected chi connectivity index (χ2v) is 8.99. The van der Waals surface area contributed by atoms with Gasteiger partial charge >= 0.3 is 0 Å². The smallest absolute Gasteiger partial charge is 0.260 e. The molecule has 0 fully saturated rings. The van der Waals surface area contributed by atoms with Gasteiger partial charge in [0, 0.05) is 43.8 Å². The standard InChI is InChI=1S/C20H20FN3O4S/c1-12-9-19(25)22-18-8-5-13(10-16(12)18)24(4)20(26)15-7-6-14(11-17(15)21)29(27,28)23(2)3/h5-11H,1-4H3,(H,22,25). The Morgan fingerprint density at radius 3 is 2.34 bits per heavy atom. The summed E-state index contributed by atoms with van der Waals surface area (Å²) in [7, 11) is 0.372. The van der Waals surface area contributed by atoms with E-state index >= 15 is 0 Å². The highest BCUT2D eigenvalue weighted by Gasteiger charge is 2.23. The monoisotopic (exact) mass is 417 g/mol. The highest BCUT2D eigenvalue weighted by Crippen LogP contribution is 2.24. The number of aryl methyl sites for hydroxylation is 1. The maximum Gasteiger partial charge on any atom is 0.260 e. The highest BCUT2D eigenvalue weighted by atomic mass is 32.2. The van der Waals surface area contributed by atoms with E-state index in [1.807, 2.05) is 0 Å². The summed E-state index contributed by atoms with van der Waals surface area (Å²) in [5.41, 5.74) is 1.41. The van der Waals surface area contributed by atoms with Gasteiger partial charge in [-0.3, -0.25) is 9.59 Å². The van der Waals surface area contributed by atoms with Crippen LogP contribution in [0, 0.1) is 12.7 Å². The number of aromatic nitrogens is 1. The van der Waals surface area contributed by atoms with Crippen molar-refractivity contribution in [2.75, 3.05) is 26.0 Å². The lowest BCUT2D eigenvalue weighted by atomic mass is 10.1. The van der Waals surface area contributed by atoms with Crippen LogP contribution >= 0.6 is 0 Å². The van der Waals surface area contributed by atoms with E-state index in [4.69, 9.17) is 0 Å². The maximum absolute atomic E-state index is 14.6. The van der Waals surface area contributed by atoms with Crippen LogP contribution in [0.1, 0.15) is 15.9 Å². The maximum atomic E-state index is 14.6. The van der Waals surface area contributed by atoms with Gasteiger partial charge in [0.1, 0.15) is 5.82 Å². The minimum Gasteiger partial charge on any atom is -0.322 e. The van der Waals surface area contributed by atoms with Gasteiger partial charge in [-0.2, -0.15) is 0 Å². The van der Waals surface area contributed by atoms with Gasteiger partial charge in [0.15, 0.2) is 0 Å². The second kappa shape index (κ2) is 7.41. The average Bonchev–Trinajstić information content (AvgIpc) is 2.66. The van der Waals surface area contributed by atoms with Crippen LogP contribution in [-0.2, 0) is 10.0 Å². The fraction of sp³-hybridized carbons (Fsp3) is 0.200. The minimum atomic E-state index is -3.81. The number of amides is 1. The van der Waals surface area contributed by atoms with Gasteiger partial charge in [-0.1, -0.05) is 0 Å². The molecule has 0 saturated carbocycles. The van der Waals surface area contributed by atoms with Crippen molar-refractivity contribution in [2.45, 2.75) is 11.8 Å². The Morgan fingerprint density at radius 2 is 1.72 bits per heavy atom. The first-order valence-electron chi connectivity index (χ1n) is 8.66. The van der Waals surface area contributed by atoms with Crippen LogP contribution in [0.2, 0.25) is 0 Å². The number of benzene rings is 2. The molecule has 7 nitrogen and oxygen atoms in total. The molecule has 0 atom stereocenters. The molecular formula is C20H20FN3O4S. The van der Waals surface area contributed by atoms with Crippen molar-refractivity contribution >= 4 is 32.5 Å². The van der Waals surface area contributed by atoms with Crippen LogP contribution in [0.15, 0.2) is 52.2 Å². The van der Waals surface area contributed by atoms with Crippen LogP contribution in [0.25, 0.3) is 10.9 Å². The van der Waals surface area contributed by atoms with Crippen molar-refractivity contribution < 1.29 is 17.6 Å². The van der Waals surface area contributed by atoms with E-state index in [1.165, 1.54) is 38.2 Å². The first-order chi connectivity index (χ1) is 13.5. The van der Waals surface area contributed by atoms with Crippen molar-refractivity contribution in [3.05, 3.63) is 69.8 Å². The number of hydrogen-bond acceptors (Lipinski definition) is 4. The van der Waals surface area contributed by atoms with Crippen LogP contribution in [0.5, 0.6) is 0 Å². The number of aromatic amines is 1. The number of hydrogen-bond donors (Lipinski definition) is 1. The highest BCUT2D eigenvalue weighted by molar-refractivity contribution is 7.89. The van der Waals surface area contributed by atoms with Crippen molar-refractivity contribution in [3.63, 3.8) is 0 Å². The van der Waals surface area contributed by atoms with Gasteiger partial charge < -0.3 is 9.88 Å². The fourth-order valence-corrected chi connectivity index (χ4v) is 3.87. The third-order valence-electron chi connectivity index (χ3n) is 4.67.